The minimum atomic E-state index is -3.35. The number of anilines is 2. The van der Waals surface area contributed by atoms with Crippen LogP contribution in [0.15, 0.2) is 53.7 Å². The Bertz CT molecular complexity index is 1160. The van der Waals surface area contributed by atoms with E-state index in [4.69, 9.17) is 0 Å². The molecule has 0 fully saturated rings. The van der Waals surface area contributed by atoms with E-state index in [9.17, 15) is 13.2 Å². The molecule has 0 saturated heterocycles. The predicted molar refractivity (Wildman–Crippen MR) is 108 cm³/mol. The highest BCUT2D eigenvalue weighted by Crippen LogP contribution is 2.27. The fraction of sp³-hybridized carbons (Fsp3) is 0.250. The van der Waals surface area contributed by atoms with Gasteiger partial charge in [0.1, 0.15) is 12.1 Å². The van der Waals surface area contributed by atoms with E-state index >= 15 is 0 Å². The zero-order valence-electron chi connectivity index (χ0n) is 15.4. The van der Waals surface area contributed by atoms with Crippen LogP contribution in [0.1, 0.15) is 12.0 Å². The molecule has 2 aromatic carbocycles. The Hall–Kier alpha value is -3.00. The zero-order chi connectivity index (χ0) is 19.7. The molecule has 1 aliphatic rings. The maximum Gasteiger partial charge on any atom is 0.246 e. The summed E-state index contributed by atoms with van der Waals surface area (Å²) >= 11 is 0. The Labute approximate surface area is 163 Å². The van der Waals surface area contributed by atoms with Crippen LogP contribution in [0.5, 0.6) is 0 Å². The van der Waals surface area contributed by atoms with E-state index in [0.29, 0.717) is 23.3 Å². The molecule has 3 aromatic rings. The molecule has 8 heteroatoms. The molecule has 2 heterocycles. The quantitative estimate of drug-likeness (QED) is 0.728. The number of carbonyl (C=O) groups is 1. The van der Waals surface area contributed by atoms with Crippen LogP contribution >= 0.6 is 0 Å². The molecular formula is C20H20N4O3S. The Morgan fingerprint density at radius 1 is 1.18 bits per heavy atom. The van der Waals surface area contributed by atoms with Gasteiger partial charge in [-0.3, -0.25) is 4.79 Å². The van der Waals surface area contributed by atoms with Crippen molar-refractivity contribution < 1.29 is 13.2 Å². The number of aryl methyl sites for hydroxylation is 1. The number of carbonyl (C=O) groups excluding carboxylic acids is 1. The first-order valence-electron chi connectivity index (χ1n) is 9.00. The summed E-state index contributed by atoms with van der Waals surface area (Å²) in [6.45, 7) is 0.740. The van der Waals surface area contributed by atoms with Crippen molar-refractivity contribution in [2.24, 2.45) is 0 Å². The van der Waals surface area contributed by atoms with Crippen molar-refractivity contribution in [2.45, 2.75) is 17.7 Å². The van der Waals surface area contributed by atoms with Gasteiger partial charge < -0.3 is 10.2 Å². The fourth-order valence-electron chi connectivity index (χ4n) is 3.45. The van der Waals surface area contributed by atoms with Gasteiger partial charge in [-0.15, -0.1) is 0 Å². The summed E-state index contributed by atoms with van der Waals surface area (Å²) < 4.78 is 23.7. The van der Waals surface area contributed by atoms with Gasteiger partial charge in [0.25, 0.3) is 0 Å². The molecule has 0 unspecified atom stereocenters. The Morgan fingerprint density at radius 3 is 2.82 bits per heavy atom. The van der Waals surface area contributed by atoms with Gasteiger partial charge in [0.15, 0.2) is 9.84 Å². The molecule has 28 heavy (non-hydrogen) atoms. The van der Waals surface area contributed by atoms with Gasteiger partial charge in [-0.05, 0) is 42.7 Å². The van der Waals surface area contributed by atoms with E-state index in [1.54, 1.807) is 11.0 Å². The van der Waals surface area contributed by atoms with E-state index in [2.05, 4.69) is 15.3 Å². The van der Waals surface area contributed by atoms with Crippen molar-refractivity contribution in [1.29, 1.82) is 0 Å². The van der Waals surface area contributed by atoms with Crippen LogP contribution in [0.3, 0.4) is 0 Å². The lowest BCUT2D eigenvalue weighted by molar-refractivity contribution is -0.117. The van der Waals surface area contributed by atoms with Gasteiger partial charge in [0, 0.05) is 23.9 Å². The minimum absolute atomic E-state index is 0.0572. The number of hydrogen-bond donors (Lipinski definition) is 1. The van der Waals surface area contributed by atoms with Crippen molar-refractivity contribution in [3.05, 3.63) is 54.4 Å². The third-order valence-electron chi connectivity index (χ3n) is 4.85. The molecule has 0 aliphatic carbocycles. The van der Waals surface area contributed by atoms with Crippen LogP contribution in [0.2, 0.25) is 0 Å². The molecule has 0 atom stereocenters. The predicted octanol–water partition coefficient (Wildman–Crippen LogP) is 2.42. The van der Waals surface area contributed by atoms with Crippen LogP contribution in [-0.2, 0) is 21.1 Å². The largest absolute Gasteiger partial charge is 0.360 e. The lowest BCUT2D eigenvalue weighted by Gasteiger charge is -2.29. The molecular weight excluding hydrogens is 376 g/mol. The topological polar surface area (TPSA) is 92.3 Å². The number of para-hydroxylation sites is 1. The van der Waals surface area contributed by atoms with Gasteiger partial charge >= 0.3 is 0 Å². The molecule has 1 N–H and O–H groups in total. The molecule has 0 radical (unpaired) electrons. The first kappa shape index (κ1) is 18.4. The third kappa shape index (κ3) is 3.55. The van der Waals surface area contributed by atoms with Gasteiger partial charge in [0.2, 0.25) is 5.91 Å². The number of hydrogen-bond acceptors (Lipinski definition) is 6. The SMILES string of the molecule is CS(=O)(=O)c1ccc2ncnc(NCC(=O)N3CCCc4ccccc43)c2c1. The highest BCUT2D eigenvalue weighted by Gasteiger charge is 2.22. The number of nitrogens with zero attached hydrogens (tertiary/aromatic N) is 3. The third-order valence-corrected chi connectivity index (χ3v) is 5.96. The smallest absolute Gasteiger partial charge is 0.246 e. The molecule has 4 rings (SSSR count). The second-order valence-corrected chi connectivity index (χ2v) is 8.82. The van der Waals surface area contributed by atoms with E-state index < -0.39 is 9.84 Å². The summed E-state index contributed by atoms with van der Waals surface area (Å²) in [5.41, 5.74) is 2.74. The van der Waals surface area contributed by atoms with E-state index in [1.165, 1.54) is 24.0 Å². The minimum Gasteiger partial charge on any atom is -0.360 e. The van der Waals surface area contributed by atoms with Gasteiger partial charge in [-0.25, -0.2) is 18.4 Å². The zero-order valence-corrected chi connectivity index (χ0v) is 16.2. The monoisotopic (exact) mass is 396 g/mol. The van der Waals surface area contributed by atoms with Crippen molar-refractivity contribution in [3.63, 3.8) is 0 Å². The molecule has 1 amide bonds. The molecule has 1 aromatic heterocycles. The van der Waals surface area contributed by atoms with Gasteiger partial charge in [0.05, 0.1) is 17.0 Å². The highest BCUT2D eigenvalue weighted by atomic mass is 32.2. The highest BCUT2D eigenvalue weighted by molar-refractivity contribution is 7.90. The van der Waals surface area contributed by atoms with Crippen LogP contribution in [-0.4, -0.2) is 43.6 Å². The number of fused-ring (bicyclic) bond motifs is 2. The van der Waals surface area contributed by atoms with E-state index in [-0.39, 0.29) is 17.3 Å². The second-order valence-electron chi connectivity index (χ2n) is 6.80. The molecule has 7 nitrogen and oxygen atoms in total. The van der Waals surface area contributed by atoms with Gasteiger partial charge in [-0.1, -0.05) is 18.2 Å². The standard InChI is InChI=1S/C20H20N4O3S/c1-28(26,27)15-8-9-17-16(11-15)20(23-13-22-17)21-12-19(25)24-10-4-6-14-5-2-3-7-18(14)24/h2-3,5,7-9,11,13H,4,6,10,12H2,1H3,(H,21,22,23). The van der Waals surface area contributed by atoms with E-state index in [1.807, 2.05) is 24.3 Å². The first-order valence-corrected chi connectivity index (χ1v) is 10.9. The summed E-state index contributed by atoms with van der Waals surface area (Å²) in [5, 5.41) is 3.62. The van der Waals surface area contributed by atoms with Crippen molar-refractivity contribution in [2.75, 3.05) is 29.6 Å². The summed E-state index contributed by atoms with van der Waals surface area (Å²) in [7, 11) is -3.35. The van der Waals surface area contributed by atoms with Crippen molar-refractivity contribution >= 4 is 38.2 Å². The normalized spacial score (nSPS) is 14.0. The maximum atomic E-state index is 12.8. The Morgan fingerprint density at radius 2 is 2.00 bits per heavy atom. The Kier molecular flexibility index (Phi) is 4.72. The number of sulfone groups is 1. The average Bonchev–Trinajstić information content (AvgIpc) is 2.70. The van der Waals surface area contributed by atoms with Crippen LogP contribution in [0, 0.1) is 0 Å². The number of aromatic nitrogens is 2. The summed E-state index contributed by atoms with van der Waals surface area (Å²) in [4.78, 5) is 23.2. The molecule has 0 spiro atoms. The average molecular weight is 396 g/mol. The second kappa shape index (κ2) is 7.20. The number of benzene rings is 2. The lowest BCUT2D eigenvalue weighted by atomic mass is 10.0. The van der Waals surface area contributed by atoms with Crippen LogP contribution < -0.4 is 10.2 Å². The lowest BCUT2D eigenvalue weighted by Crippen LogP contribution is -2.39. The van der Waals surface area contributed by atoms with Crippen LogP contribution in [0.25, 0.3) is 10.9 Å². The van der Waals surface area contributed by atoms with Crippen molar-refractivity contribution in [3.8, 4) is 0 Å². The summed E-state index contributed by atoms with van der Waals surface area (Å²) in [5.74, 6) is 0.382. The molecule has 0 saturated carbocycles. The summed E-state index contributed by atoms with van der Waals surface area (Å²) in [6, 6.07) is 12.6. The fourth-order valence-corrected chi connectivity index (χ4v) is 4.10. The Balaban J connectivity index is 1.59. The molecule has 0 bridgehead atoms. The number of amides is 1. The van der Waals surface area contributed by atoms with Crippen molar-refractivity contribution in [1.82, 2.24) is 9.97 Å². The molecule has 144 valence electrons. The van der Waals surface area contributed by atoms with E-state index in [0.717, 1.165) is 24.8 Å². The van der Waals surface area contributed by atoms with Crippen LogP contribution in [0.4, 0.5) is 11.5 Å². The van der Waals surface area contributed by atoms with Gasteiger partial charge in [-0.2, -0.15) is 0 Å². The number of nitrogens with one attached hydrogen (secondary N) is 1. The summed E-state index contributed by atoms with van der Waals surface area (Å²) in [6.07, 6.45) is 4.45. The maximum absolute atomic E-state index is 12.8. The number of rotatable bonds is 4. The first-order chi connectivity index (χ1) is 13.4. The molecule has 1 aliphatic heterocycles.